The highest BCUT2D eigenvalue weighted by atomic mass is 31.2. The normalized spacial score (nSPS) is 15.6. The molecular weight excluding hydrogens is 359 g/mol. The number of phosphoric ester groups is 1. The van der Waals surface area contributed by atoms with Crippen LogP contribution in [0.5, 0.6) is 0 Å². The van der Waals surface area contributed by atoms with Crippen molar-refractivity contribution < 1.29 is 18.1 Å². The molecule has 0 aromatic rings. The van der Waals surface area contributed by atoms with Gasteiger partial charge in [-0.15, -0.1) is 0 Å². The first kappa shape index (κ1) is 24.0. The lowest BCUT2D eigenvalue weighted by Crippen LogP contribution is -1.99. The van der Waals surface area contributed by atoms with Crippen LogP contribution in [0.15, 0.2) is 123 Å². The fourth-order valence-electron chi connectivity index (χ4n) is 1.52. The van der Waals surface area contributed by atoms with Crippen molar-refractivity contribution in [2.45, 2.75) is 13.8 Å². The summed E-state index contributed by atoms with van der Waals surface area (Å²) in [6.45, 7) is 17.9. The summed E-state index contributed by atoms with van der Waals surface area (Å²) < 4.78 is 30.0. The Kier molecular flexibility index (Phi) is 12.7. The molecule has 0 saturated carbocycles. The minimum absolute atomic E-state index is 0.236. The zero-order chi connectivity index (χ0) is 20.5. The fraction of sp³-hybridized carbons (Fsp3) is 0.0909. The van der Waals surface area contributed by atoms with Crippen LogP contribution in [0.2, 0.25) is 0 Å². The van der Waals surface area contributed by atoms with Gasteiger partial charge in [-0.05, 0) is 50.3 Å². The molecule has 27 heavy (non-hydrogen) atoms. The summed E-state index contributed by atoms with van der Waals surface area (Å²) in [6.07, 6.45) is 20.7. The highest BCUT2D eigenvalue weighted by Crippen LogP contribution is 2.55. The molecule has 0 atom stereocenters. The minimum Gasteiger partial charge on any atom is -0.386 e. The van der Waals surface area contributed by atoms with E-state index in [9.17, 15) is 4.57 Å². The summed E-state index contributed by atoms with van der Waals surface area (Å²) in [5.74, 6) is 0.832. The average Bonchev–Trinajstić information content (AvgIpc) is 2.66. The van der Waals surface area contributed by atoms with Crippen molar-refractivity contribution in [2.24, 2.45) is 0 Å². The Morgan fingerprint density at radius 3 is 1.37 bits per heavy atom. The molecule has 0 unspecified atom stereocenters. The van der Waals surface area contributed by atoms with E-state index >= 15 is 0 Å². The predicted octanol–water partition coefficient (Wildman–Crippen LogP) is 7.25. The predicted molar refractivity (Wildman–Crippen MR) is 115 cm³/mol. The van der Waals surface area contributed by atoms with E-state index in [2.05, 4.69) is 26.3 Å². The van der Waals surface area contributed by atoms with E-state index in [1.54, 1.807) is 80.7 Å². The Balaban J connectivity index is 5.93. The molecule has 0 N–H and O–H groups in total. The van der Waals surface area contributed by atoms with Gasteiger partial charge in [-0.1, -0.05) is 68.8 Å². The van der Waals surface area contributed by atoms with Crippen molar-refractivity contribution in [3.8, 4) is 0 Å². The van der Waals surface area contributed by atoms with Crippen LogP contribution in [0.4, 0.5) is 0 Å². The molecule has 0 aromatic heterocycles. The van der Waals surface area contributed by atoms with Gasteiger partial charge in [-0.3, -0.25) is 0 Å². The van der Waals surface area contributed by atoms with E-state index in [4.69, 9.17) is 13.6 Å². The third kappa shape index (κ3) is 10.6. The average molecular weight is 386 g/mol. The first-order chi connectivity index (χ1) is 13.0. The van der Waals surface area contributed by atoms with Gasteiger partial charge in [0.05, 0.1) is 0 Å². The van der Waals surface area contributed by atoms with Gasteiger partial charge in [0.15, 0.2) is 0 Å². The smallest absolute Gasteiger partial charge is 0.386 e. The van der Waals surface area contributed by atoms with Gasteiger partial charge < -0.3 is 13.6 Å². The molecule has 0 bridgehead atoms. The second-order valence-electron chi connectivity index (χ2n) is 4.69. The molecular formula is C22H27O4P. The van der Waals surface area contributed by atoms with Crippen molar-refractivity contribution in [1.82, 2.24) is 0 Å². The third-order valence-corrected chi connectivity index (χ3v) is 4.00. The van der Waals surface area contributed by atoms with Gasteiger partial charge in [0.2, 0.25) is 0 Å². The van der Waals surface area contributed by atoms with Gasteiger partial charge in [0.1, 0.15) is 17.3 Å². The van der Waals surface area contributed by atoms with Crippen LogP contribution < -0.4 is 0 Å². The van der Waals surface area contributed by atoms with E-state index in [0.717, 1.165) is 0 Å². The lowest BCUT2D eigenvalue weighted by molar-refractivity contribution is 0.205. The van der Waals surface area contributed by atoms with Gasteiger partial charge in [-0.2, -0.15) is 4.57 Å². The molecule has 0 amide bonds. The Bertz CT molecular complexity index is 706. The summed E-state index contributed by atoms with van der Waals surface area (Å²) >= 11 is 0. The van der Waals surface area contributed by atoms with Crippen LogP contribution in [0.25, 0.3) is 0 Å². The van der Waals surface area contributed by atoms with Crippen LogP contribution in [0, 0.1) is 0 Å². The van der Waals surface area contributed by atoms with E-state index in [1.807, 2.05) is 0 Å². The molecule has 0 aromatic carbocycles. The summed E-state index contributed by atoms with van der Waals surface area (Å²) in [4.78, 5) is 0. The zero-order valence-corrected chi connectivity index (χ0v) is 16.8. The van der Waals surface area contributed by atoms with Crippen molar-refractivity contribution in [3.05, 3.63) is 123 Å². The Hall–Kier alpha value is -2.97. The van der Waals surface area contributed by atoms with E-state index in [-0.39, 0.29) is 5.76 Å². The highest BCUT2D eigenvalue weighted by molar-refractivity contribution is 7.48. The van der Waals surface area contributed by atoms with E-state index in [1.165, 1.54) is 12.2 Å². The van der Waals surface area contributed by atoms with Crippen molar-refractivity contribution >= 4 is 7.82 Å². The molecule has 0 aliphatic heterocycles. The van der Waals surface area contributed by atoms with Crippen LogP contribution in [-0.4, -0.2) is 0 Å². The zero-order valence-electron chi connectivity index (χ0n) is 15.9. The van der Waals surface area contributed by atoms with Crippen molar-refractivity contribution in [3.63, 3.8) is 0 Å². The quantitative estimate of drug-likeness (QED) is 0.190. The van der Waals surface area contributed by atoms with Crippen LogP contribution in [0.3, 0.4) is 0 Å². The lowest BCUT2D eigenvalue weighted by atomic mass is 10.4. The third-order valence-electron chi connectivity index (χ3n) is 2.69. The lowest BCUT2D eigenvalue weighted by Gasteiger charge is -2.20. The monoisotopic (exact) mass is 386 g/mol. The number of allylic oxidation sites excluding steroid dienone is 13. The summed E-state index contributed by atoms with van der Waals surface area (Å²) in [6, 6.07) is 0. The first-order valence-electron chi connectivity index (χ1n) is 8.20. The SMILES string of the molecule is C=C/C=C\C(=C/C)OP(=O)(OC(/C=C\C=C)=C/C)OC(/C=C\C=C)=C/C=C. The van der Waals surface area contributed by atoms with Gasteiger partial charge in [-0.25, -0.2) is 0 Å². The maximum atomic E-state index is 13.3. The molecule has 144 valence electrons. The maximum Gasteiger partial charge on any atom is 0.647 e. The number of hydrogen-bond acceptors (Lipinski definition) is 4. The second kappa shape index (κ2) is 14.2. The number of phosphoric acid groups is 1. The molecule has 0 heterocycles. The number of hydrogen-bond donors (Lipinski definition) is 0. The fourth-order valence-corrected chi connectivity index (χ4v) is 2.86. The summed E-state index contributed by atoms with van der Waals surface area (Å²) in [5, 5.41) is 0. The molecule has 0 saturated heterocycles. The van der Waals surface area contributed by atoms with Gasteiger partial charge >= 0.3 is 7.82 Å². The van der Waals surface area contributed by atoms with Gasteiger partial charge in [0, 0.05) is 0 Å². The van der Waals surface area contributed by atoms with E-state index < -0.39 is 7.82 Å². The molecule has 0 spiro atoms. The second-order valence-corrected chi connectivity index (χ2v) is 6.13. The Labute approximate surface area is 162 Å². The Morgan fingerprint density at radius 2 is 1.04 bits per heavy atom. The largest absolute Gasteiger partial charge is 0.647 e. The standard InChI is InChI=1S/C22H27O4P/c1-7-13-17-20(11-5)24-27(23,25-21(12-6)18-14-8-2)26-22(16-10-4)19-15-9-3/h7-19H,1-4H2,5-6H3/b17-13-,18-14-,19-15-,20-11+,21-12+,22-16+. The molecule has 0 rings (SSSR count). The van der Waals surface area contributed by atoms with Gasteiger partial charge in [0.25, 0.3) is 0 Å². The molecule has 0 radical (unpaired) electrons. The number of rotatable bonds is 13. The summed E-state index contributed by atoms with van der Waals surface area (Å²) in [5.41, 5.74) is 0. The van der Waals surface area contributed by atoms with Crippen molar-refractivity contribution in [1.29, 1.82) is 0 Å². The molecule has 0 fully saturated rings. The van der Waals surface area contributed by atoms with Crippen LogP contribution >= 0.6 is 7.82 Å². The summed E-state index contributed by atoms with van der Waals surface area (Å²) in [7, 11) is -4.08. The Morgan fingerprint density at radius 1 is 0.667 bits per heavy atom. The molecule has 0 aliphatic carbocycles. The van der Waals surface area contributed by atoms with Crippen LogP contribution in [0.1, 0.15) is 13.8 Å². The molecule has 0 aliphatic rings. The maximum absolute atomic E-state index is 13.3. The van der Waals surface area contributed by atoms with Crippen molar-refractivity contribution in [2.75, 3.05) is 0 Å². The van der Waals surface area contributed by atoms with Crippen LogP contribution in [-0.2, 0) is 18.1 Å². The molecule has 4 nitrogen and oxygen atoms in total. The highest BCUT2D eigenvalue weighted by Gasteiger charge is 2.33. The topological polar surface area (TPSA) is 44.8 Å². The molecule has 5 heteroatoms. The first-order valence-corrected chi connectivity index (χ1v) is 9.66. The minimum atomic E-state index is -4.08. The van der Waals surface area contributed by atoms with E-state index in [0.29, 0.717) is 11.5 Å².